The first kappa shape index (κ1) is 16.8. The van der Waals surface area contributed by atoms with E-state index >= 15 is 0 Å². The SMILES string of the molecule is Cc1csc(CCCNc2ccc(C(=O)NC3CCCC3)nn2)n1. The zero-order valence-corrected chi connectivity index (χ0v) is 14.7. The smallest absolute Gasteiger partial charge is 0.272 e. The highest BCUT2D eigenvalue weighted by molar-refractivity contribution is 7.09. The Morgan fingerprint density at radius 2 is 2.12 bits per heavy atom. The van der Waals surface area contributed by atoms with Gasteiger partial charge < -0.3 is 10.6 Å². The molecule has 0 bridgehead atoms. The second-order valence-electron chi connectivity index (χ2n) is 6.17. The van der Waals surface area contributed by atoms with E-state index in [4.69, 9.17) is 0 Å². The highest BCUT2D eigenvalue weighted by Crippen LogP contribution is 2.18. The lowest BCUT2D eigenvalue weighted by Gasteiger charge is -2.11. The molecule has 1 aliphatic carbocycles. The van der Waals surface area contributed by atoms with Crippen molar-refractivity contribution in [1.29, 1.82) is 0 Å². The molecule has 7 heteroatoms. The van der Waals surface area contributed by atoms with Gasteiger partial charge in [-0.3, -0.25) is 4.79 Å². The van der Waals surface area contributed by atoms with Gasteiger partial charge >= 0.3 is 0 Å². The van der Waals surface area contributed by atoms with Gasteiger partial charge in [-0.15, -0.1) is 21.5 Å². The number of thiazole rings is 1. The highest BCUT2D eigenvalue weighted by atomic mass is 32.1. The molecule has 0 radical (unpaired) electrons. The first-order valence-electron chi connectivity index (χ1n) is 8.50. The molecular formula is C17H23N5OS. The third-order valence-corrected chi connectivity index (χ3v) is 5.15. The third-order valence-electron chi connectivity index (χ3n) is 4.13. The molecule has 24 heavy (non-hydrogen) atoms. The van der Waals surface area contributed by atoms with E-state index < -0.39 is 0 Å². The summed E-state index contributed by atoms with van der Waals surface area (Å²) in [6, 6.07) is 3.83. The molecule has 1 fully saturated rings. The Morgan fingerprint density at radius 1 is 1.29 bits per heavy atom. The topological polar surface area (TPSA) is 79.8 Å². The number of anilines is 1. The van der Waals surface area contributed by atoms with Crippen molar-refractivity contribution in [3.05, 3.63) is 33.9 Å². The van der Waals surface area contributed by atoms with Crippen molar-refractivity contribution < 1.29 is 4.79 Å². The van der Waals surface area contributed by atoms with Gasteiger partial charge in [-0.25, -0.2) is 4.98 Å². The number of rotatable bonds is 7. The summed E-state index contributed by atoms with van der Waals surface area (Å²) in [6.07, 6.45) is 6.47. The van der Waals surface area contributed by atoms with Crippen LogP contribution in [0, 0.1) is 6.92 Å². The van der Waals surface area contributed by atoms with Crippen LogP contribution in [-0.2, 0) is 6.42 Å². The van der Waals surface area contributed by atoms with E-state index in [-0.39, 0.29) is 5.91 Å². The van der Waals surface area contributed by atoms with Crippen LogP contribution in [0.25, 0.3) is 0 Å². The minimum Gasteiger partial charge on any atom is -0.369 e. The fourth-order valence-corrected chi connectivity index (χ4v) is 3.67. The van der Waals surface area contributed by atoms with E-state index in [1.165, 1.54) is 17.8 Å². The van der Waals surface area contributed by atoms with Gasteiger partial charge in [0.25, 0.3) is 5.91 Å². The molecule has 0 saturated heterocycles. The van der Waals surface area contributed by atoms with Crippen LogP contribution in [-0.4, -0.2) is 33.7 Å². The zero-order chi connectivity index (χ0) is 16.8. The summed E-state index contributed by atoms with van der Waals surface area (Å²) in [5, 5.41) is 17.6. The van der Waals surface area contributed by atoms with Gasteiger partial charge in [0.05, 0.1) is 5.01 Å². The molecule has 0 atom stereocenters. The van der Waals surface area contributed by atoms with Crippen LogP contribution in [0.5, 0.6) is 0 Å². The average Bonchev–Trinajstić information content (AvgIpc) is 3.24. The van der Waals surface area contributed by atoms with Gasteiger partial charge in [0, 0.05) is 30.1 Å². The molecule has 1 saturated carbocycles. The van der Waals surface area contributed by atoms with Crippen LogP contribution in [0.3, 0.4) is 0 Å². The number of nitrogens with zero attached hydrogens (tertiary/aromatic N) is 3. The zero-order valence-electron chi connectivity index (χ0n) is 13.9. The fourth-order valence-electron chi connectivity index (χ4n) is 2.85. The second kappa shape index (κ2) is 8.19. The van der Waals surface area contributed by atoms with E-state index in [9.17, 15) is 4.79 Å². The monoisotopic (exact) mass is 345 g/mol. The number of aromatic nitrogens is 3. The van der Waals surface area contributed by atoms with Crippen molar-refractivity contribution in [2.75, 3.05) is 11.9 Å². The molecule has 2 heterocycles. The minimum atomic E-state index is -0.125. The average molecular weight is 345 g/mol. The first-order valence-corrected chi connectivity index (χ1v) is 9.38. The molecule has 2 aromatic rings. The Kier molecular flexibility index (Phi) is 5.74. The first-order chi connectivity index (χ1) is 11.7. The van der Waals surface area contributed by atoms with Crippen LogP contribution in [0.1, 0.15) is 53.3 Å². The molecule has 0 aliphatic heterocycles. The summed E-state index contributed by atoms with van der Waals surface area (Å²) in [7, 11) is 0. The molecule has 128 valence electrons. The standard InChI is InChI=1S/C17H23N5OS/c1-12-11-24-16(19-12)7-4-10-18-15-9-8-14(21-22-15)17(23)20-13-5-2-3-6-13/h8-9,11,13H,2-7,10H2,1H3,(H,18,22)(H,20,23). The third kappa shape index (κ3) is 4.74. The predicted molar refractivity (Wildman–Crippen MR) is 95.4 cm³/mol. The van der Waals surface area contributed by atoms with Crippen LogP contribution in [0.15, 0.2) is 17.5 Å². The molecule has 0 spiro atoms. The Labute approximate surface area is 146 Å². The quantitative estimate of drug-likeness (QED) is 0.754. The highest BCUT2D eigenvalue weighted by Gasteiger charge is 2.18. The number of aryl methyl sites for hydroxylation is 2. The van der Waals surface area contributed by atoms with Crippen LogP contribution >= 0.6 is 11.3 Å². The number of carbonyl (C=O) groups is 1. The number of hydrogen-bond acceptors (Lipinski definition) is 6. The molecule has 1 aliphatic rings. The van der Waals surface area contributed by atoms with Crippen molar-refractivity contribution in [3.63, 3.8) is 0 Å². The minimum absolute atomic E-state index is 0.125. The lowest BCUT2D eigenvalue weighted by molar-refractivity contribution is 0.0932. The molecule has 2 N–H and O–H groups in total. The molecule has 1 amide bonds. The number of carbonyl (C=O) groups excluding carboxylic acids is 1. The van der Waals surface area contributed by atoms with E-state index in [2.05, 4.69) is 31.2 Å². The van der Waals surface area contributed by atoms with Gasteiger partial charge in [-0.05, 0) is 38.3 Å². The van der Waals surface area contributed by atoms with E-state index in [0.717, 1.165) is 37.9 Å². The van der Waals surface area contributed by atoms with Gasteiger partial charge in [-0.2, -0.15) is 0 Å². The molecule has 3 rings (SSSR count). The lowest BCUT2D eigenvalue weighted by Crippen LogP contribution is -2.33. The summed E-state index contributed by atoms with van der Waals surface area (Å²) in [5.74, 6) is 0.572. The lowest BCUT2D eigenvalue weighted by atomic mass is 10.2. The van der Waals surface area contributed by atoms with E-state index in [0.29, 0.717) is 17.6 Å². The summed E-state index contributed by atoms with van der Waals surface area (Å²) in [4.78, 5) is 16.5. The largest absolute Gasteiger partial charge is 0.369 e. The Hall–Kier alpha value is -2.02. The van der Waals surface area contributed by atoms with Gasteiger partial charge in [0.2, 0.25) is 0 Å². The predicted octanol–water partition coefficient (Wildman–Crippen LogP) is 2.96. The number of hydrogen-bond donors (Lipinski definition) is 2. The number of amides is 1. The van der Waals surface area contributed by atoms with E-state index in [1.54, 1.807) is 17.4 Å². The molecule has 0 aromatic carbocycles. The number of nitrogens with one attached hydrogen (secondary N) is 2. The summed E-state index contributed by atoms with van der Waals surface area (Å²) in [5.41, 5.74) is 1.46. The maximum absolute atomic E-state index is 12.1. The molecule has 6 nitrogen and oxygen atoms in total. The Bertz CT molecular complexity index is 664. The van der Waals surface area contributed by atoms with Crippen LogP contribution < -0.4 is 10.6 Å². The maximum atomic E-state index is 12.1. The van der Waals surface area contributed by atoms with Gasteiger partial charge in [0.15, 0.2) is 5.69 Å². The van der Waals surface area contributed by atoms with Gasteiger partial charge in [-0.1, -0.05) is 12.8 Å². The van der Waals surface area contributed by atoms with Crippen molar-refractivity contribution in [2.45, 2.75) is 51.5 Å². The summed E-state index contributed by atoms with van der Waals surface area (Å²) < 4.78 is 0. The Morgan fingerprint density at radius 3 is 2.79 bits per heavy atom. The van der Waals surface area contributed by atoms with Crippen molar-refractivity contribution in [3.8, 4) is 0 Å². The molecular weight excluding hydrogens is 322 g/mol. The fraction of sp³-hybridized carbons (Fsp3) is 0.529. The summed E-state index contributed by atoms with van der Waals surface area (Å²) >= 11 is 1.70. The molecule has 0 unspecified atom stereocenters. The second-order valence-corrected chi connectivity index (χ2v) is 7.11. The Balaban J connectivity index is 1.41. The van der Waals surface area contributed by atoms with Crippen molar-refractivity contribution in [1.82, 2.24) is 20.5 Å². The maximum Gasteiger partial charge on any atom is 0.272 e. The van der Waals surface area contributed by atoms with Gasteiger partial charge in [0.1, 0.15) is 5.82 Å². The van der Waals surface area contributed by atoms with Crippen molar-refractivity contribution in [2.24, 2.45) is 0 Å². The van der Waals surface area contributed by atoms with Crippen molar-refractivity contribution >= 4 is 23.1 Å². The molecule has 2 aromatic heterocycles. The van der Waals surface area contributed by atoms with Crippen LogP contribution in [0.4, 0.5) is 5.82 Å². The van der Waals surface area contributed by atoms with E-state index in [1.807, 2.05) is 13.0 Å². The normalized spacial score (nSPS) is 14.7. The summed E-state index contributed by atoms with van der Waals surface area (Å²) in [6.45, 7) is 2.82. The van der Waals surface area contributed by atoms with Crippen LogP contribution in [0.2, 0.25) is 0 Å².